The minimum Gasteiger partial charge on any atom is -0.480 e. The highest BCUT2D eigenvalue weighted by atomic mass is 16.4. The van der Waals surface area contributed by atoms with Gasteiger partial charge in [-0.2, -0.15) is 0 Å². The number of hydrogen-bond acceptors (Lipinski definition) is 2. The van der Waals surface area contributed by atoms with Crippen LogP contribution >= 0.6 is 0 Å². The van der Waals surface area contributed by atoms with Gasteiger partial charge in [-0.1, -0.05) is 30.3 Å². The summed E-state index contributed by atoms with van der Waals surface area (Å²) in [5.41, 5.74) is 1.18. The highest BCUT2D eigenvalue weighted by molar-refractivity contribution is 5.73. The highest BCUT2D eigenvalue weighted by Crippen LogP contribution is 2.04. The van der Waals surface area contributed by atoms with Crippen LogP contribution in [0.1, 0.15) is 12.0 Å². The lowest BCUT2D eigenvalue weighted by Crippen LogP contribution is -2.34. The van der Waals surface area contributed by atoms with Crippen LogP contribution in [0.15, 0.2) is 30.3 Å². The van der Waals surface area contributed by atoms with Gasteiger partial charge in [0.15, 0.2) is 0 Å². The molecule has 0 aromatic heterocycles. The lowest BCUT2D eigenvalue weighted by molar-refractivity contribution is -0.139. The summed E-state index contributed by atoms with van der Waals surface area (Å²) in [5.74, 6) is -0.788. The zero-order valence-corrected chi connectivity index (χ0v) is 8.23. The maximum Gasteiger partial charge on any atom is 0.320 e. The number of carboxylic acids is 1. The molecule has 0 fully saturated rings. The SMILES string of the molecule is CN[C@H](CCc1ccccc1)C(=O)O. The van der Waals surface area contributed by atoms with Crippen LogP contribution in [0.25, 0.3) is 0 Å². The molecule has 0 radical (unpaired) electrons. The molecule has 14 heavy (non-hydrogen) atoms. The van der Waals surface area contributed by atoms with Crippen LogP contribution in [0.4, 0.5) is 0 Å². The quantitative estimate of drug-likeness (QED) is 0.741. The van der Waals surface area contributed by atoms with Gasteiger partial charge in [0, 0.05) is 0 Å². The van der Waals surface area contributed by atoms with Crippen molar-refractivity contribution in [3.05, 3.63) is 35.9 Å². The Balaban J connectivity index is 2.44. The number of rotatable bonds is 5. The van der Waals surface area contributed by atoms with Crippen molar-refractivity contribution < 1.29 is 9.90 Å². The summed E-state index contributed by atoms with van der Waals surface area (Å²) < 4.78 is 0. The van der Waals surface area contributed by atoms with Gasteiger partial charge in [-0.25, -0.2) is 0 Å². The molecular formula is C11H15NO2. The fraction of sp³-hybridized carbons (Fsp3) is 0.364. The Kier molecular flexibility index (Phi) is 4.13. The van der Waals surface area contributed by atoms with Crippen molar-refractivity contribution in [2.24, 2.45) is 0 Å². The molecule has 0 aliphatic heterocycles. The van der Waals surface area contributed by atoms with E-state index < -0.39 is 12.0 Å². The van der Waals surface area contributed by atoms with E-state index in [0.717, 1.165) is 6.42 Å². The number of nitrogens with one attached hydrogen (secondary N) is 1. The molecule has 1 aromatic carbocycles. The first-order chi connectivity index (χ1) is 6.74. The second-order valence-corrected chi connectivity index (χ2v) is 3.20. The highest BCUT2D eigenvalue weighted by Gasteiger charge is 2.13. The maximum absolute atomic E-state index is 10.7. The molecule has 3 heteroatoms. The molecule has 0 saturated heterocycles. The van der Waals surface area contributed by atoms with Gasteiger partial charge < -0.3 is 10.4 Å². The van der Waals surface area contributed by atoms with E-state index >= 15 is 0 Å². The monoisotopic (exact) mass is 193 g/mol. The molecule has 0 bridgehead atoms. The van der Waals surface area contributed by atoms with Gasteiger partial charge in [-0.05, 0) is 25.5 Å². The Hall–Kier alpha value is -1.35. The molecule has 0 saturated carbocycles. The zero-order valence-electron chi connectivity index (χ0n) is 8.23. The van der Waals surface area contributed by atoms with E-state index in [1.807, 2.05) is 30.3 Å². The largest absolute Gasteiger partial charge is 0.480 e. The Labute approximate surface area is 83.8 Å². The molecule has 0 spiro atoms. The predicted octanol–water partition coefficient (Wildman–Crippen LogP) is 1.29. The third-order valence-electron chi connectivity index (χ3n) is 2.21. The van der Waals surface area contributed by atoms with Gasteiger partial charge in [-0.15, -0.1) is 0 Å². The molecule has 2 N–H and O–H groups in total. The van der Waals surface area contributed by atoms with Crippen molar-refractivity contribution in [1.29, 1.82) is 0 Å². The number of aryl methyl sites for hydroxylation is 1. The second kappa shape index (κ2) is 5.40. The third kappa shape index (κ3) is 3.18. The number of likely N-dealkylation sites (N-methyl/N-ethyl adjacent to an activating group) is 1. The van der Waals surface area contributed by atoms with E-state index in [0.29, 0.717) is 6.42 Å². The molecular weight excluding hydrogens is 178 g/mol. The number of carbonyl (C=O) groups is 1. The van der Waals surface area contributed by atoms with Crippen molar-refractivity contribution in [2.75, 3.05) is 7.05 Å². The van der Waals surface area contributed by atoms with Crippen molar-refractivity contribution in [1.82, 2.24) is 5.32 Å². The van der Waals surface area contributed by atoms with Gasteiger partial charge in [0.1, 0.15) is 6.04 Å². The maximum atomic E-state index is 10.7. The van der Waals surface area contributed by atoms with Crippen molar-refractivity contribution in [3.8, 4) is 0 Å². The summed E-state index contributed by atoms with van der Waals surface area (Å²) in [6.07, 6.45) is 1.41. The standard InChI is InChI=1S/C11H15NO2/c1-12-10(11(13)14)8-7-9-5-3-2-4-6-9/h2-6,10,12H,7-8H2,1H3,(H,13,14)/t10-/m1/s1. The predicted molar refractivity (Wildman–Crippen MR) is 55.2 cm³/mol. The van der Waals surface area contributed by atoms with Crippen molar-refractivity contribution in [3.63, 3.8) is 0 Å². The average molecular weight is 193 g/mol. The molecule has 0 aliphatic rings. The fourth-order valence-electron chi connectivity index (χ4n) is 1.35. The van der Waals surface area contributed by atoms with Crippen molar-refractivity contribution >= 4 is 5.97 Å². The first kappa shape index (κ1) is 10.7. The average Bonchev–Trinajstić information content (AvgIpc) is 2.20. The van der Waals surface area contributed by atoms with E-state index in [-0.39, 0.29) is 0 Å². The second-order valence-electron chi connectivity index (χ2n) is 3.20. The van der Waals surface area contributed by atoms with E-state index in [1.165, 1.54) is 5.56 Å². The van der Waals surface area contributed by atoms with Crippen LogP contribution in [-0.2, 0) is 11.2 Å². The molecule has 76 valence electrons. The van der Waals surface area contributed by atoms with Crippen LogP contribution in [0.2, 0.25) is 0 Å². The number of carboxylic acid groups (broad SMARTS) is 1. The van der Waals surface area contributed by atoms with Gasteiger partial charge in [-0.3, -0.25) is 4.79 Å². The van der Waals surface area contributed by atoms with E-state index in [4.69, 9.17) is 5.11 Å². The number of aliphatic carboxylic acids is 1. The molecule has 0 heterocycles. The van der Waals surface area contributed by atoms with Gasteiger partial charge in [0.05, 0.1) is 0 Å². The molecule has 0 unspecified atom stereocenters. The summed E-state index contributed by atoms with van der Waals surface area (Å²) in [6, 6.07) is 9.45. The van der Waals surface area contributed by atoms with E-state index in [1.54, 1.807) is 7.05 Å². The van der Waals surface area contributed by atoms with E-state index in [2.05, 4.69) is 5.32 Å². The van der Waals surface area contributed by atoms with Crippen LogP contribution in [0.3, 0.4) is 0 Å². The molecule has 0 amide bonds. The van der Waals surface area contributed by atoms with Crippen LogP contribution < -0.4 is 5.32 Å². The minimum atomic E-state index is -0.788. The van der Waals surface area contributed by atoms with Gasteiger partial charge in [0.25, 0.3) is 0 Å². The van der Waals surface area contributed by atoms with Gasteiger partial charge >= 0.3 is 5.97 Å². The molecule has 1 rings (SSSR count). The lowest BCUT2D eigenvalue weighted by atomic mass is 10.1. The van der Waals surface area contributed by atoms with E-state index in [9.17, 15) is 4.79 Å². The topological polar surface area (TPSA) is 49.3 Å². The Bertz CT molecular complexity index is 285. The summed E-state index contributed by atoms with van der Waals surface area (Å²) >= 11 is 0. The molecule has 3 nitrogen and oxygen atoms in total. The zero-order chi connectivity index (χ0) is 10.4. The molecule has 0 aliphatic carbocycles. The minimum absolute atomic E-state index is 0.449. The summed E-state index contributed by atoms with van der Waals surface area (Å²) in [7, 11) is 1.67. The van der Waals surface area contributed by atoms with Crippen LogP contribution in [-0.4, -0.2) is 24.2 Å². The molecule has 1 aromatic rings. The van der Waals surface area contributed by atoms with Crippen molar-refractivity contribution in [2.45, 2.75) is 18.9 Å². The number of hydrogen-bond donors (Lipinski definition) is 2. The smallest absolute Gasteiger partial charge is 0.320 e. The lowest BCUT2D eigenvalue weighted by Gasteiger charge is -2.10. The first-order valence-electron chi connectivity index (χ1n) is 4.68. The van der Waals surface area contributed by atoms with Gasteiger partial charge in [0.2, 0.25) is 0 Å². The van der Waals surface area contributed by atoms with Crippen LogP contribution in [0, 0.1) is 0 Å². The first-order valence-corrected chi connectivity index (χ1v) is 4.68. The number of benzene rings is 1. The Morgan fingerprint density at radius 2 is 2.07 bits per heavy atom. The normalized spacial score (nSPS) is 12.4. The Morgan fingerprint density at radius 3 is 2.57 bits per heavy atom. The summed E-state index contributed by atoms with van der Waals surface area (Å²) in [4.78, 5) is 10.7. The Morgan fingerprint density at radius 1 is 1.43 bits per heavy atom. The summed E-state index contributed by atoms with van der Waals surface area (Å²) in [5, 5.41) is 11.6. The fourth-order valence-corrected chi connectivity index (χ4v) is 1.35. The summed E-state index contributed by atoms with van der Waals surface area (Å²) in [6.45, 7) is 0. The third-order valence-corrected chi connectivity index (χ3v) is 2.21. The molecule has 1 atom stereocenters. The van der Waals surface area contributed by atoms with Crippen LogP contribution in [0.5, 0.6) is 0 Å².